The average Bonchev–Trinajstić information content (AvgIpc) is 2.75. The molecule has 4 heteroatoms. The molecule has 2 heterocycles. The van der Waals surface area contributed by atoms with Crippen LogP contribution in [0.5, 0.6) is 0 Å². The van der Waals surface area contributed by atoms with Gasteiger partial charge >= 0.3 is 0 Å². The molecule has 2 rings (SSSR count). The zero-order chi connectivity index (χ0) is 10.7. The monoisotopic (exact) mass is 226 g/mol. The summed E-state index contributed by atoms with van der Waals surface area (Å²) in [7, 11) is 1.96. The minimum atomic E-state index is 0.268. The molecule has 3 nitrogen and oxygen atoms in total. The van der Waals surface area contributed by atoms with Gasteiger partial charge in [0.25, 0.3) is 0 Å². The van der Waals surface area contributed by atoms with Gasteiger partial charge in [0.1, 0.15) is 0 Å². The first-order chi connectivity index (χ1) is 7.31. The molecule has 0 radical (unpaired) electrons. The summed E-state index contributed by atoms with van der Waals surface area (Å²) in [6.45, 7) is 1.67. The number of pyridine rings is 1. The highest BCUT2D eigenvalue weighted by Gasteiger charge is 2.26. The van der Waals surface area contributed by atoms with E-state index in [1.54, 1.807) is 6.20 Å². The molecule has 15 heavy (non-hydrogen) atoms. The van der Waals surface area contributed by atoms with Crippen molar-refractivity contribution in [3.05, 3.63) is 29.0 Å². The van der Waals surface area contributed by atoms with Crippen molar-refractivity contribution in [2.75, 3.05) is 20.3 Å². The van der Waals surface area contributed by atoms with E-state index in [4.69, 9.17) is 16.3 Å². The van der Waals surface area contributed by atoms with E-state index in [1.807, 2.05) is 19.2 Å². The van der Waals surface area contributed by atoms with E-state index in [-0.39, 0.29) is 6.04 Å². The molecule has 1 fully saturated rings. The highest BCUT2D eigenvalue weighted by Crippen LogP contribution is 2.27. The molecular weight excluding hydrogens is 212 g/mol. The Kier molecular flexibility index (Phi) is 3.57. The van der Waals surface area contributed by atoms with Crippen LogP contribution in [0.2, 0.25) is 5.02 Å². The van der Waals surface area contributed by atoms with Crippen molar-refractivity contribution in [1.29, 1.82) is 0 Å². The Morgan fingerprint density at radius 1 is 1.60 bits per heavy atom. The van der Waals surface area contributed by atoms with Crippen molar-refractivity contribution in [1.82, 2.24) is 10.3 Å². The van der Waals surface area contributed by atoms with Crippen LogP contribution in [0.3, 0.4) is 0 Å². The third kappa shape index (κ3) is 2.48. The summed E-state index contributed by atoms with van der Waals surface area (Å²) in [5, 5.41) is 3.97. The third-order valence-electron chi connectivity index (χ3n) is 2.82. The van der Waals surface area contributed by atoms with Gasteiger partial charge in [-0.2, -0.15) is 0 Å². The Balaban J connectivity index is 2.14. The molecule has 2 unspecified atom stereocenters. The molecule has 1 N–H and O–H groups in total. The van der Waals surface area contributed by atoms with Crippen LogP contribution in [0.15, 0.2) is 18.3 Å². The highest BCUT2D eigenvalue weighted by molar-refractivity contribution is 6.30. The van der Waals surface area contributed by atoms with Crippen LogP contribution in [-0.4, -0.2) is 25.2 Å². The molecule has 2 atom stereocenters. The highest BCUT2D eigenvalue weighted by atomic mass is 35.5. The molecule has 0 spiro atoms. The summed E-state index contributed by atoms with van der Waals surface area (Å²) in [4.78, 5) is 4.34. The van der Waals surface area contributed by atoms with Crippen LogP contribution < -0.4 is 5.32 Å². The quantitative estimate of drug-likeness (QED) is 0.857. The Hall–Kier alpha value is -0.640. The topological polar surface area (TPSA) is 34.2 Å². The molecule has 1 aliphatic heterocycles. The number of rotatable bonds is 3. The number of halogens is 1. The van der Waals surface area contributed by atoms with Gasteiger partial charge in [-0.1, -0.05) is 11.6 Å². The number of ether oxygens (including phenoxy) is 1. The Labute approximate surface area is 94.8 Å². The molecule has 0 aromatic carbocycles. The largest absolute Gasteiger partial charge is 0.381 e. The van der Waals surface area contributed by atoms with Crippen molar-refractivity contribution in [3.63, 3.8) is 0 Å². The molecule has 0 bridgehead atoms. The second-order valence-corrected chi connectivity index (χ2v) is 4.23. The van der Waals surface area contributed by atoms with Gasteiger partial charge in [-0.3, -0.25) is 4.98 Å². The van der Waals surface area contributed by atoms with E-state index >= 15 is 0 Å². The molecule has 0 amide bonds. The van der Waals surface area contributed by atoms with Crippen molar-refractivity contribution in [2.24, 2.45) is 5.92 Å². The van der Waals surface area contributed by atoms with Crippen molar-refractivity contribution >= 4 is 11.6 Å². The fourth-order valence-corrected chi connectivity index (χ4v) is 2.12. The van der Waals surface area contributed by atoms with Gasteiger partial charge in [-0.25, -0.2) is 0 Å². The van der Waals surface area contributed by atoms with Gasteiger partial charge in [0.2, 0.25) is 0 Å². The van der Waals surface area contributed by atoms with Crippen LogP contribution >= 0.6 is 11.6 Å². The number of nitrogens with zero attached hydrogens (tertiary/aromatic N) is 1. The molecule has 0 aliphatic carbocycles. The van der Waals surface area contributed by atoms with Crippen molar-refractivity contribution in [2.45, 2.75) is 12.5 Å². The first kappa shape index (κ1) is 10.9. The van der Waals surface area contributed by atoms with Crippen LogP contribution in [-0.2, 0) is 4.74 Å². The number of aromatic nitrogens is 1. The molecule has 1 saturated heterocycles. The second kappa shape index (κ2) is 4.92. The lowest BCUT2D eigenvalue weighted by atomic mass is 9.96. The molecular formula is C11H15ClN2O. The third-order valence-corrected chi connectivity index (χ3v) is 3.04. The van der Waals surface area contributed by atoms with Gasteiger partial charge in [0.05, 0.1) is 23.4 Å². The summed E-state index contributed by atoms with van der Waals surface area (Å²) < 4.78 is 5.39. The second-order valence-electron chi connectivity index (χ2n) is 3.79. The van der Waals surface area contributed by atoms with Crippen LogP contribution in [0.1, 0.15) is 18.2 Å². The first-order valence-corrected chi connectivity index (χ1v) is 5.55. The summed E-state index contributed by atoms with van der Waals surface area (Å²) in [6.07, 6.45) is 2.78. The summed E-state index contributed by atoms with van der Waals surface area (Å²) >= 11 is 5.81. The van der Waals surface area contributed by atoms with Gasteiger partial charge in [-0.15, -0.1) is 0 Å². The van der Waals surface area contributed by atoms with Crippen LogP contribution in [0.25, 0.3) is 0 Å². The molecule has 1 aromatic rings. The number of hydrogen-bond acceptors (Lipinski definition) is 3. The zero-order valence-electron chi connectivity index (χ0n) is 8.74. The lowest BCUT2D eigenvalue weighted by Gasteiger charge is -2.21. The van der Waals surface area contributed by atoms with Crippen LogP contribution in [0.4, 0.5) is 0 Å². The van der Waals surface area contributed by atoms with E-state index in [9.17, 15) is 0 Å². The Bertz CT molecular complexity index is 309. The lowest BCUT2D eigenvalue weighted by Crippen LogP contribution is -2.26. The normalized spacial score (nSPS) is 22.9. The van der Waals surface area contributed by atoms with Gasteiger partial charge in [0.15, 0.2) is 0 Å². The standard InChI is InChI=1S/C11H15ClN2O/c1-13-11(8-4-5-15-7-8)10-3-2-9(12)6-14-10/h2-3,6,8,11,13H,4-5,7H2,1H3. The van der Waals surface area contributed by atoms with Crippen molar-refractivity contribution < 1.29 is 4.74 Å². The fraction of sp³-hybridized carbons (Fsp3) is 0.545. The SMILES string of the molecule is CNC(c1ccc(Cl)cn1)C1CCOC1. The Morgan fingerprint density at radius 3 is 3.00 bits per heavy atom. The lowest BCUT2D eigenvalue weighted by molar-refractivity contribution is 0.177. The fourth-order valence-electron chi connectivity index (χ4n) is 2.01. The number of hydrogen-bond donors (Lipinski definition) is 1. The summed E-state index contributed by atoms with van der Waals surface area (Å²) in [5.41, 5.74) is 1.04. The van der Waals surface area contributed by atoms with Gasteiger partial charge in [-0.05, 0) is 25.6 Å². The predicted molar refractivity (Wildman–Crippen MR) is 60.0 cm³/mol. The van der Waals surface area contributed by atoms with Crippen molar-refractivity contribution in [3.8, 4) is 0 Å². The summed E-state index contributed by atoms with van der Waals surface area (Å²) in [5.74, 6) is 0.517. The van der Waals surface area contributed by atoms with Crippen LogP contribution in [0, 0.1) is 5.92 Å². The van der Waals surface area contributed by atoms with Gasteiger partial charge in [0, 0.05) is 18.7 Å². The minimum absolute atomic E-state index is 0.268. The minimum Gasteiger partial charge on any atom is -0.381 e. The molecule has 82 valence electrons. The van der Waals surface area contributed by atoms with E-state index in [0.29, 0.717) is 10.9 Å². The summed E-state index contributed by atoms with van der Waals surface area (Å²) in [6, 6.07) is 4.12. The Morgan fingerprint density at radius 2 is 2.47 bits per heavy atom. The van der Waals surface area contributed by atoms with E-state index in [2.05, 4.69) is 10.3 Å². The number of nitrogens with one attached hydrogen (secondary N) is 1. The zero-order valence-corrected chi connectivity index (χ0v) is 9.50. The van der Waals surface area contributed by atoms with E-state index < -0.39 is 0 Å². The molecule has 1 aliphatic rings. The maximum atomic E-state index is 5.81. The van der Waals surface area contributed by atoms with E-state index in [0.717, 1.165) is 25.3 Å². The first-order valence-electron chi connectivity index (χ1n) is 5.17. The molecule has 1 aromatic heterocycles. The maximum Gasteiger partial charge on any atom is 0.0589 e. The maximum absolute atomic E-state index is 5.81. The van der Waals surface area contributed by atoms with E-state index in [1.165, 1.54) is 0 Å². The van der Waals surface area contributed by atoms with Gasteiger partial charge < -0.3 is 10.1 Å². The smallest absolute Gasteiger partial charge is 0.0589 e. The predicted octanol–water partition coefficient (Wildman–Crippen LogP) is 2.03. The average molecular weight is 227 g/mol. The molecule has 0 saturated carbocycles.